The van der Waals surface area contributed by atoms with E-state index in [4.69, 9.17) is 4.74 Å². The molecule has 5 heteroatoms. The van der Waals surface area contributed by atoms with E-state index in [1.165, 1.54) is 22.8 Å². The van der Waals surface area contributed by atoms with Crippen LogP contribution >= 0.6 is 0 Å². The number of halogens is 2. The Bertz CT molecular complexity index is 615. The summed E-state index contributed by atoms with van der Waals surface area (Å²) < 4.78 is 33.8. The molecule has 0 atom stereocenters. The Morgan fingerprint density at radius 2 is 1.90 bits per heavy atom. The SMILES string of the molecule is CCOC(=O)c1c(C)ccn1Cc1c(F)cccc1F. The standard InChI is InChI=1S/C15H15F2NO2/c1-3-20-15(19)14-10(2)7-8-18(14)9-11-12(16)5-4-6-13(11)17/h4-8H,3,9H2,1-2H3. The summed E-state index contributed by atoms with van der Waals surface area (Å²) in [5.41, 5.74) is 0.948. The maximum atomic E-state index is 13.7. The minimum atomic E-state index is -0.633. The fourth-order valence-electron chi connectivity index (χ4n) is 2.04. The van der Waals surface area contributed by atoms with Crippen molar-refractivity contribution >= 4 is 5.97 Å². The molecule has 0 aliphatic rings. The minimum Gasteiger partial charge on any atom is -0.461 e. The second-order valence-electron chi connectivity index (χ2n) is 4.40. The van der Waals surface area contributed by atoms with E-state index in [0.29, 0.717) is 11.3 Å². The Labute approximate surface area is 115 Å². The minimum absolute atomic E-state index is 0.0551. The normalized spacial score (nSPS) is 10.6. The summed E-state index contributed by atoms with van der Waals surface area (Å²) in [6.07, 6.45) is 1.62. The molecule has 0 aliphatic carbocycles. The van der Waals surface area contributed by atoms with E-state index < -0.39 is 17.6 Å². The van der Waals surface area contributed by atoms with Gasteiger partial charge in [0.05, 0.1) is 13.2 Å². The highest BCUT2D eigenvalue weighted by molar-refractivity contribution is 5.89. The molecule has 0 N–H and O–H groups in total. The third-order valence-electron chi connectivity index (χ3n) is 3.02. The maximum Gasteiger partial charge on any atom is 0.355 e. The van der Waals surface area contributed by atoms with E-state index in [0.717, 1.165) is 0 Å². The molecular weight excluding hydrogens is 264 g/mol. The second-order valence-corrected chi connectivity index (χ2v) is 4.40. The summed E-state index contributed by atoms with van der Waals surface area (Å²) in [5.74, 6) is -1.76. The smallest absolute Gasteiger partial charge is 0.355 e. The lowest BCUT2D eigenvalue weighted by Gasteiger charge is -2.11. The monoisotopic (exact) mass is 279 g/mol. The van der Waals surface area contributed by atoms with Gasteiger partial charge < -0.3 is 9.30 Å². The molecule has 0 saturated carbocycles. The quantitative estimate of drug-likeness (QED) is 0.804. The van der Waals surface area contributed by atoms with Crippen molar-refractivity contribution in [1.82, 2.24) is 4.57 Å². The fraction of sp³-hybridized carbons (Fsp3) is 0.267. The van der Waals surface area contributed by atoms with Crippen LogP contribution in [0.5, 0.6) is 0 Å². The first-order valence-corrected chi connectivity index (χ1v) is 6.30. The van der Waals surface area contributed by atoms with Crippen LogP contribution < -0.4 is 0 Å². The zero-order chi connectivity index (χ0) is 14.7. The summed E-state index contributed by atoms with van der Waals surface area (Å²) in [6.45, 7) is 3.65. The van der Waals surface area contributed by atoms with E-state index in [9.17, 15) is 13.6 Å². The van der Waals surface area contributed by atoms with Crippen LogP contribution in [0.1, 0.15) is 28.5 Å². The van der Waals surface area contributed by atoms with Crippen molar-refractivity contribution in [3.8, 4) is 0 Å². The van der Waals surface area contributed by atoms with Gasteiger partial charge in [0.1, 0.15) is 17.3 Å². The Kier molecular flexibility index (Phi) is 4.17. The van der Waals surface area contributed by atoms with Gasteiger partial charge in [-0.25, -0.2) is 13.6 Å². The summed E-state index contributed by atoms with van der Waals surface area (Å²) in [4.78, 5) is 11.9. The van der Waals surface area contributed by atoms with Crippen molar-refractivity contribution in [3.05, 3.63) is 58.9 Å². The lowest BCUT2D eigenvalue weighted by Crippen LogP contribution is -2.15. The van der Waals surface area contributed by atoms with E-state index >= 15 is 0 Å². The van der Waals surface area contributed by atoms with Crippen LogP contribution in [0.4, 0.5) is 8.78 Å². The molecule has 1 aromatic heterocycles. The van der Waals surface area contributed by atoms with Crippen molar-refractivity contribution in [2.45, 2.75) is 20.4 Å². The van der Waals surface area contributed by atoms with Crippen LogP contribution in [0.15, 0.2) is 30.5 Å². The molecule has 1 heterocycles. The molecule has 0 unspecified atom stereocenters. The molecule has 0 radical (unpaired) electrons. The van der Waals surface area contributed by atoms with Crippen LogP contribution in [0.2, 0.25) is 0 Å². The molecule has 0 aliphatic heterocycles. The number of hydrogen-bond donors (Lipinski definition) is 0. The third-order valence-corrected chi connectivity index (χ3v) is 3.02. The summed E-state index contributed by atoms with van der Waals surface area (Å²) in [6, 6.07) is 5.41. The third kappa shape index (κ3) is 2.71. The van der Waals surface area contributed by atoms with E-state index in [-0.39, 0.29) is 18.7 Å². The van der Waals surface area contributed by atoms with Gasteiger partial charge in [0.2, 0.25) is 0 Å². The van der Waals surface area contributed by atoms with Gasteiger partial charge in [0.25, 0.3) is 0 Å². The number of carbonyl (C=O) groups excluding carboxylic acids is 1. The van der Waals surface area contributed by atoms with Crippen LogP contribution in [-0.2, 0) is 11.3 Å². The number of nitrogens with zero attached hydrogens (tertiary/aromatic N) is 1. The van der Waals surface area contributed by atoms with Gasteiger partial charge in [-0.15, -0.1) is 0 Å². The number of aryl methyl sites for hydroxylation is 1. The van der Waals surface area contributed by atoms with Crippen molar-refractivity contribution in [2.24, 2.45) is 0 Å². The molecular formula is C15H15F2NO2. The average Bonchev–Trinajstić information content (AvgIpc) is 2.75. The lowest BCUT2D eigenvalue weighted by atomic mass is 10.2. The Hall–Kier alpha value is -2.17. The molecule has 20 heavy (non-hydrogen) atoms. The predicted molar refractivity (Wildman–Crippen MR) is 70.6 cm³/mol. The summed E-state index contributed by atoms with van der Waals surface area (Å²) in [7, 11) is 0. The number of benzene rings is 1. The number of ether oxygens (including phenoxy) is 1. The molecule has 0 spiro atoms. The topological polar surface area (TPSA) is 31.2 Å². The van der Waals surface area contributed by atoms with E-state index in [2.05, 4.69) is 0 Å². The van der Waals surface area contributed by atoms with Gasteiger partial charge in [0, 0.05) is 11.8 Å². The highest BCUT2D eigenvalue weighted by Crippen LogP contribution is 2.18. The Morgan fingerprint density at radius 3 is 2.50 bits per heavy atom. The van der Waals surface area contributed by atoms with Gasteiger partial charge in [-0.3, -0.25) is 0 Å². The van der Waals surface area contributed by atoms with Crippen LogP contribution in [0, 0.1) is 18.6 Å². The highest BCUT2D eigenvalue weighted by atomic mass is 19.1. The van der Waals surface area contributed by atoms with Crippen molar-refractivity contribution in [3.63, 3.8) is 0 Å². The zero-order valence-electron chi connectivity index (χ0n) is 11.3. The average molecular weight is 279 g/mol. The molecule has 2 rings (SSSR count). The number of carbonyl (C=O) groups is 1. The molecule has 0 saturated heterocycles. The zero-order valence-corrected chi connectivity index (χ0v) is 11.3. The van der Waals surface area contributed by atoms with E-state index in [1.54, 1.807) is 26.1 Å². The number of hydrogen-bond acceptors (Lipinski definition) is 2. The summed E-state index contributed by atoms with van der Waals surface area (Å²) in [5, 5.41) is 0. The highest BCUT2D eigenvalue weighted by Gasteiger charge is 2.18. The molecule has 0 amide bonds. The second kappa shape index (κ2) is 5.86. The number of aromatic nitrogens is 1. The van der Waals surface area contributed by atoms with Crippen LogP contribution in [0.3, 0.4) is 0 Å². The molecule has 106 valence electrons. The van der Waals surface area contributed by atoms with Crippen molar-refractivity contribution in [2.75, 3.05) is 6.61 Å². The molecule has 1 aromatic carbocycles. The van der Waals surface area contributed by atoms with Crippen molar-refractivity contribution in [1.29, 1.82) is 0 Å². The first kappa shape index (κ1) is 14.2. The van der Waals surface area contributed by atoms with Gasteiger partial charge in [0.15, 0.2) is 0 Å². The van der Waals surface area contributed by atoms with Crippen LogP contribution in [-0.4, -0.2) is 17.1 Å². The van der Waals surface area contributed by atoms with Crippen molar-refractivity contribution < 1.29 is 18.3 Å². The molecule has 2 aromatic rings. The van der Waals surface area contributed by atoms with Crippen LogP contribution in [0.25, 0.3) is 0 Å². The lowest BCUT2D eigenvalue weighted by molar-refractivity contribution is 0.0513. The number of esters is 1. The first-order valence-electron chi connectivity index (χ1n) is 6.30. The van der Waals surface area contributed by atoms with Gasteiger partial charge in [-0.05, 0) is 37.6 Å². The Morgan fingerprint density at radius 1 is 1.25 bits per heavy atom. The Balaban J connectivity index is 2.38. The largest absolute Gasteiger partial charge is 0.461 e. The van der Waals surface area contributed by atoms with E-state index in [1.807, 2.05) is 0 Å². The first-order chi connectivity index (χ1) is 9.54. The van der Waals surface area contributed by atoms with Gasteiger partial charge >= 0.3 is 5.97 Å². The molecule has 3 nitrogen and oxygen atoms in total. The molecule has 0 bridgehead atoms. The fourth-order valence-corrected chi connectivity index (χ4v) is 2.04. The predicted octanol–water partition coefficient (Wildman–Crippen LogP) is 3.30. The van der Waals surface area contributed by atoms with Gasteiger partial charge in [-0.1, -0.05) is 6.07 Å². The maximum absolute atomic E-state index is 13.7. The summed E-state index contributed by atoms with van der Waals surface area (Å²) >= 11 is 0. The van der Waals surface area contributed by atoms with Gasteiger partial charge in [-0.2, -0.15) is 0 Å². The molecule has 0 fully saturated rings. The number of rotatable bonds is 4.